The molecule has 4 N–H and O–H groups in total. The normalized spacial score (nSPS) is 11.1. The zero-order chi connectivity index (χ0) is 19.2. The predicted octanol–water partition coefficient (Wildman–Crippen LogP) is 2.40. The SMILES string of the molecule is CCCCNc1nc(N)nc2cnn(Cc3cc(CNC)ccc3OC)c12. The maximum absolute atomic E-state index is 5.86. The van der Waals surface area contributed by atoms with E-state index in [1.807, 2.05) is 17.8 Å². The molecule has 0 fully saturated rings. The summed E-state index contributed by atoms with van der Waals surface area (Å²) < 4.78 is 7.43. The molecule has 3 rings (SSSR count). The summed E-state index contributed by atoms with van der Waals surface area (Å²) in [6, 6.07) is 6.18. The van der Waals surface area contributed by atoms with Crippen molar-refractivity contribution in [3.8, 4) is 5.75 Å². The van der Waals surface area contributed by atoms with Crippen molar-refractivity contribution >= 4 is 22.8 Å². The molecule has 8 heteroatoms. The van der Waals surface area contributed by atoms with Gasteiger partial charge in [0.2, 0.25) is 5.95 Å². The molecule has 2 heterocycles. The van der Waals surface area contributed by atoms with Crippen LogP contribution in [0.4, 0.5) is 11.8 Å². The summed E-state index contributed by atoms with van der Waals surface area (Å²) in [4.78, 5) is 8.71. The zero-order valence-electron chi connectivity index (χ0n) is 16.1. The number of nitrogen functional groups attached to an aromatic ring is 1. The number of hydrogen-bond donors (Lipinski definition) is 3. The highest BCUT2D eigenvalue weighted by Gasteiger charge is 2.14. The Bertz CT molecular complexity index is 906. The largest absolute Gasteiger partial charge is 0.496 e. The quantitative estimate of drug-likeness (QED) is 0.498. The van der Waals surface area contributed by atoms with E-state index in [9.17, 15) is 0 Å². The topological polar surface area (TPSA) is 103 Å². The predicted molar refractivity (Wildman–Crippen MR) is 108 cm³/mol. The van der Waals surface area contributed by atoms with Crippen molar-refractivity contribution in [2.24, 2.45) is 0 Å². The molecular weight excluding hydrogens is 342 g/mol. The molecule has 0 atom stereocenters. The van der Waals surface area contributed by atoms with Gasteiger partial charge in [-0.25, -0.2) is 4.98 Å². The molecule has 0 saturated heterocycles. The number of nitrogens with two attached hydrogens (primary N) is 1. The van der Waals surface area contributed by atoms with E-state index in [4.69, 9.17) is 10.5 Å². The van der Waals surface area contributed by atoms with Gasteiger partial charge in [-0.15, -0.1) is 0 Å². The third-order valence-electron chi connectivity index (χ3n) is 4.37. The smallest absolute Gasteiger partial charge is 0.222 e. The Morgan fingerprint density at radius 1 is 1.26 bits per heavy atom. The second-order valence-electron chi connectivity index (χ2n) is 6.42. The van der Waals surface area contributed by atoms with Crippen molar-refractivity contribution in [3.63, 3.8) is 0 Å². The first-order valence-electron chi connectivity index (χ1n) is 9.19. The standard InChI is InChI=1S/C19H27N7O/c1-4-5-8-22-18-17-15(24-19(20)25-18)11-23-26(17)12-14-9-13(10-21-2)6-7-16(14)27-3/h6-7,9,11,21H,4-5,8,10,12H2,1-3H3,(H3,20,22,24,25). The molecule has 0 amide bonds. The summed E-state index contributed by atoms with van der Waals surface area (Å²) in [5.41, 5.74) is 9.67. The van der Waals surface area contributed by atoms with Crippen LogP contribution in [0, 0.1) is 0 Å². The minimum atomic E-state index is 0.245. The van der Waals surface area contributed by atoms with Gasteiger partial charge in [0.1, 0.15) is 16.8 Å². The highest BCUT2D eigenvalue weighted by atomic mass is 16.5. The van der Waals surface area contributed by atoms with Crippen molar-refractivity contribution in [3.05, 3.63) is 35.5 Å². The van der Waals surface area contributed by atoms with E-state index in [0.717, 1.165) is 48.3 Å². The van der Waals surface area contributed by atoms with Crippen LogP contribution in [0.15, 0.2) is 24.4 Å². The van der Waals surface area contributed by atoms with E-state index in [0.29, 0.717) is 12.4 Å². The third-order valence-corrected chi connectivity index (χ3v) is 4.37. The fourth-order valence-electron chi connectivity index (χ4n) is 3.07. The summed E-state index contributed by atoms with van der Waals surface area (Å²) in [6.07, 6.45) is 3.88. The number of fused-ring (bicyclic) bond motifs is 1. The summed E-state index contributed by atoms with van der Waals surface area (Å²) in [5, 5.41) is 11.1. The molecule has 8 nitrogen and oxygen atoms in total. The number of ether oxygens (including phenoxy) is 1. The molecule has 27 heavy (non-hydrogen) atoms. The first-order chi connectivity index (χ1) is 13.2. The summed E-state index contributed by atoms with van der Waals surface area (Å²) in [5.74, 6) is 1.79. The van der Waals surface area contributed by atoms with Crippen LogP contribution < -0.4 is 21.1 Å². The molecule has 144 valence electrons. The molecule has 2 aromatic heterocycles. The second kappa shape index (κ2) is 8.68. The van der Waals surface area contributed by atoms with Gasteiger partial charge in [0.25, 0.3) is 0 Å². The highest BCUT2D eigenvalue weighted by Crippen LogP contribution is 2.25. The van der Waals surface area contributed by atoms with Crippen molar-refractivity contribution in [2.45, 2.75) is 32.9 Å². The van der Waals surface area contributed by atoms with Crippen molar-refractivity contribution in [1.29, 1.82) is 0 Å². The maximum Gasteiger partial charge on any atom is 0.222 e. The Hall–Kier alpha value is -2.87. The molecule has 0 aliphatic rings. The van der Waals surface area contributed by atoms with E-state index in [2.05, 4.69) is 44.8 Å². The fourth-order valence-corrected chi connectivity index (χ4v) is 3.07. The van der Waals surface area contributed by atoms with Crippen LogP contribution in [0.1, 0.15) is 30.9 Å². The Labute approximate surface area is 159 Å². The lowest BCUT2D eigenvalue weighted by Crippen LogP contribution is -2.11. The maximum atomic E-state index is 5.86. The number of unbranched alkanes of at least 4 members (excludes halogenated alkanes) is 1. The number of anilines is 2. The van der Waals surface area contributed by atoms with Gasteiger partial charge < -0.3 is 21.1 Å². The van der Waals surface area contributed by atoms with Gasteiger partial charge in [0.05, 0.1) is 19.9 Å². The van der Waals surface area contributed by atoms with E-state index in [1.54, 1.807) is 13.3 Å². The lowest BCUT2D eigenvalue weighted by Gasteiger charge is -2.13. The molecule has 0 aliphatic carbocycles. The molecule has 0 unspecified atom stereocenters. The van der Waals surface area contributed by atoms with Gasteiger partial charge in [-0.05, 0) is 31.2 Å². The van der Waals surface area contributed by atoms with Crippen LogP contribution in [0.2, 0.25) is 0 Å². The van der Waals surface area contributed by atoms with Crippen molar-refractivity contribution in [1.82, 2.24) is 25.1 Å². The highest BCUT2D eigenvalue weighted by molar-refractivity contribution is 5.86. The van der Waals surface area contributed by atoms with Crippen LogP contribution >= 0.6 is 0 Å². The molecule has 0 aliphatic heterocycles. The molecule has 0 spiro atoms. The number of hydrogen-bond acceptors (Lipinski definition) is 7. The lowest BCUT2D eigenvalue weighted by molar-refractivity contribution is 0.407. The first kappa shape index (κ1) is 18.9. The monoisotopic (exact) mass is 369 g/mol. The van der Waals surface area contributed by atoms with Gasteiger partial charge >= 0.3 is 0 Å². The average molecular weight is 369 g/mol. The van der Waals surface area contributed by atoms with Crippen LogP contribution in [-0.4, -0.2) is 40.5 Å². The third kappa shape index (κ3) is 4.28. The van der Waals surface area contributed by atoms with E-state index < -0.39 is 0 Å². The van der Waals surface area contributed by atoms with Crippen LogP contribution in [0.25, 0.3) is 11.0 Å². The molecule has 1 aromatic carbocycles. The Morgan fingerprint density at radius 2 is 2.11 bits per heavy atom. The summed E-state index contributed by atoms with van der Waals surface area (Å²) in [7, 11) is 3.61. The number of methoxy groups -OCH3 is 1. The van der Waals surface area contributed by atoms with Gasteiger partial charge in [-0.3, -0.25) is 4.68 Å². The molecule has 0 radical (unpaired) electrons. The first-order valence-corrected chi connectivity index (χ1v) is 9.19. The summed E-state index contributed by atoms with van der Waals surface area (Å²) in [6.45, 7) is 4.33. The van der Waals surface area contributed by atoms with Crippen LogP contribution in [0.3, 0.4) is 0 Å². The molecule has 3 aromatic rings. The van der Waals surface area contributed by atoms with Crippen molar-refractivity contribution < 1.29 is 4.74 Å². The molecule has 0 bridgehead atoms. The van der Waals surface area contributed by atoms with Crippen LogP contribution in [-0.2, 0) is 13.1 Å². The number of rotatable bonds is 9. The average Bonchev–Trinajstić information content (AvgIpc) is 3.05. The Balaban J connectivity index is 1.98. The minimum absolute atomic E-state index is 0.245. The van der Waals surface area contributed by atoms with Crippen LogP contribution in [0.5, 0.6) is 5.75 Å². The number of benzene rings is 1. The molecule has 0 saturated carbocycles. The zero-order valence-corrected chi connectivity index (χ0v) is 16.1. The molecular formula is C19H27N7O. The second-order valence-corrected chi connectivity index (χ2v) is 6.42. The number of aromatic nitrogens is 4. The van der Waals surface area contributed by atoms with E-state index >= 15 is 0 Å². The Morgan fingerprint density at radius 3 is 2.85 bits per heavy atom. The minimum Gasteiger partial charge on any atom is -0.496 e. The van der Waals surface area contributed by atoms with Gasteiger partial charge in [0.15, 0.2) is 5.82 Å². The van der Waals surface area contributed by atoms with Gasteiger partial charge in [0, 0.05) is 18.7 Å². The number of nitrogens with zero attached hydrogens (tertiary/aromatic N) is 4. The van der Waals surface area contributed by atoms with Crippen molar-refractivity contribution in [2.75, 3.05) is 31.8 Å². The summed E-state index contributed by atoms with van der Waals surface area (Å²) >= 11 is 0. The van der Waals surface area contributed by atoms with E-state index in [-0.39, 0.29) is 5.95 Å². The fraction of sp³-hybridized carbons (Fsp3) is 0.421. The van der Waals surface area contributed by atoms with Gasteiger partial charge in [-0.1, -0.05) is 19.4 Å². The van der Waals surface area contributed by atoms with E-state index in [1.165, 1.54) is 5.56 Å². The Kier molecular flexibility index (Phi) is 6.08. The number of nitrogens with one attached hydrogen (secondary N) is 2. The van der Waals surface area contributed by atoms with Gasteiger partial charge in [-0.2, -0.15) is 10.1 Å². The lowest BCUT2D eigenvalue weighted by atomic mass is 10.1.